The first-order valence-corrected chi connectivity index (χ1v) is 5.27. The molecular weight excluding hydrogens is 176 g/mol. The summed E-state index contributed by atoms with van der Waals surface area (Å²) in [6.45, 7) is 5.15. The highest BCUT2D eigenvalue weighted by Crippen LogP contribution is 2.00. The van der Waals surface area contributed by atoms with Crippen LogP contribution in [-0.2, 0) is 4.79 Å². The zero-order valence-electron chi connectivity index (χ0n) is 9.17. The lowest BCUT2D eigenvalue weighted by Crippen LogP contribution is -2.27. The van der Waals surface area contributed by atoms with E-state index in [0.29, 0.717) is 13.0 Å². The molecule has 0 unspecified atom stereocenters. The maximum absolute atomic E-state index is 11.5. The van der Waals surface area contributed by atoms with Crippen LogP contribution >= 0.6 is 0 Å². The van der Waals surface area contributed by atoms with Crippen molar-refractivity contribution in [2.75, 3.05) is 20.1 Å². The van der Waals surface area contributed by atoms with Crippen molar-refractivity contribution in [2.24, 2.45) is 5.73 Å². The first-order chi connectivity index (χ1) is 6.72. The monoisotopic (exact) mass is 198 g/mol. The molecule has 0 aromatic rings. The normalized spacial score (nSPS) is 9.86. The fraction of sp³-hybridized carbons (Fsp3) is 0.727. The third kappa shape index (κ3) is 6.66. The molecule has 0 rings (SSSR count). The van der Waals surface area contributed by atoms with Gasteiger partial charge in [-0.05, 0) is 32.2 Å². The van der Waals surface area contributed by atoms with Crippen molar-refractivity contribution in [3.05, 3.63) is 12.7 Å². The Kier molecular flexibility index (Phi) is 8.24. The third-order valence-corrected chi connectivity index (χ3v) is 2.17. The number of allylic oxidation sites excluding steroid dienone is 1. The largest absolute Gasteiger partial charge is 0.346 e. The van der Waals surface area contributed by atoms with Gasteiger partial charge in [0.1, 0.15) is 0 Å². The zero-order chi connectivity index (χ0) is 10.8. The summed E-state index contributed by atoms with van der Waals surface area (Å²) in [6, 6.07) is 0. The van der Waals surface area contributed by atoms with Crippen molar-refractivity contribution < 1.29 is 4.79 Å². The van der Waals surface area contributed by atoms with Crippen molar-refractivity contribution in [2.45, 2.75) is 32.1 Å². The molecule has 0 aliphatic carbocycles. The lowest BCUT2D eigenvalue weighted by Gasteiger charge is -2.16. The summed E-state index contributed by atoms with van der Waals surface area (Å²) in [5.74, 6) is 0.225. The second-order valence-electron chi connectivity index (χ2n) is 3.49. The van der Waals surface area contributed by atoms with E-state index in [1.165, 1.54) is 0 Å². The minimum atomic E-state index is 0.225. The second kappa shape index (κ2) is 8.75. The summed E-state index contributed by atoms with van der Waals surface area (Å²) < 4.78 is 0. The van der Waals surface area contributed by atoms with E-state index in [1.54, 1.807) is 4.90 Å². The number of nitrogens with two attached hydrogens (primary N) is 1. The smallest absolute Gasteiger partial charge is 0.222 e. The molecule has 3 nitrogen and oxygen atoms in total. The molecule has 0 aromatic heterocycles. The zero-order valence-corrected chi connectivity index (χ0v) is 9.17. The van der Waals surface area contributed by atoms with Gasteiger partial charge in [0.2, 0.25) is 5.91 Å². The Bertz CT molecular complexity index is 169. The maximum atomic E-state index is 11.5. The molecule has 0 aliphatic rings. The molecule has 2 N–H and O–H groups in total. The van der Waals surface area contributed by atoms with Crippen molar-refractivity contribution in [3.63, 3.8) is 0 Å². The molecule has 0 fully saturated rings. The summed E-state index contributed by atoms with van der Waals surface area (Å²) in [5.41, 5.74) is 5.35. The third-order valence-electron chi connectivity index (χ3n) is 2.17. The van der Waals surface area contributed by atoms with Gasteiger partial charge in [-0.3, -0.25) is 4.79 Å². The Balaban J connectivity index is 3.49. The van der Waals surface area contributed by atoms with Crippen LogP contribution in [0.15, 0.2) is 12.7 Å². The first-order valence-electron chi connectivity index (χ1n) is 5.27. The Hall–Kier alpha value is -0.830. The Morgan fingerprint density at radius 1 is 1.43 bits per heavy atom. The number of hydrogen-bond donors (Lipinski definition) is 1. The molecule has 0 atom stereocenters. The van der Waals surface area contributed by atoms with Crippen LogP contribution in [-0.4, -0.2) is 30.9 Å². The molecule has 0 saturated carbocycles. The quantitative estimate of drug-likeness (QED) is 0.475. The van der Waals surface area contributed by atoms with Gasteiger partial charge < -0.3 is 10.6 Å². The van der Waals surface area contributed by atoms with Gasteiger partial charge in [-0.15, -0.1) is 6.58 Å². The minimum Gasteiger partial charge on any atom is -0.346 e. The standard InChI is InChI=1S/C11H22N2O/c1-3-4-7-10-13(2)11(14)8-5-6-9-12/h3H,1,4-10,12H2,2H3. The van der Waals surface area contributed by atoms with Crippen molar-refractivity contribution in [3.8, 4) is 0 Å². The minimum absolute atomic E-state index is 0.225. The first kappa shape index (κ1) is 13.2. The van der Waals surface area contributed by atoms with E-state index in [1.807, 2.05) is 13.1 Å². The molecule has 3 heteroatoms. The molecule has 82 valence electrons. The lowest BCUT2D eigenvalue weighted by atomic mass is 10.2. The lowest BCUT2D eigenvalue weighted by molar-refractivity contribution is -0.130. The number of carbonyl (C=O) groups excluding carboxylic acids is 1. The highest BCUT2D eigenvalue weighted by atomic mass is 16.2. The summed E-state index contributed by atoms with van der Waals surface area (Å²) in [5, 5.41) is 0. The summed E-state index contributed by atoms with van der Waals surface area (Å²) >= 11 is 0. The predicted octanol–water partition coefficient (Wildman–Crippen LogP) is 1.54. The Morgan fingerprint density at radius 3 is 2.71 bits per heavy atom. The van der Waals surface area contributed by atoms with Crippen LogP contribution in [0, 0.1) is 0 Å². The number of amides is 1. The topological polar surface area (TPSA) is 46.3 Å². The second-order valence-corrected chi connectivity index (χ2v) is 3.49. The van der Waals surface area contributed by atoms with E-state index in [-0.39, 0.29) is 5.91 Å². The molecule has 0 heterocycles. The number of carbonyl (C=O) groups is 1. The van der Waals surface area contributed by atoms with Crippen LogP contribution in [0.25, 0.3) is 0 Å². The van der Waals surface area contributed by atoms with E-state index >= 15 is 0 Å². The van der Waals surface area contributed by atoms with Crippen LogP contribution < -0.4 is 5.73 Å². The average molecular weight is 198 g/mol. The van der Waals surface area contributed by atoms with E-state index in [2.05, 4.69) is 6.58 Å². The van der Waals surface area contributed by atoms with Gasteiger partial charge in [-0.25, -0.2) is 0 Å². The molecular formula is C11H22N2O. The molecule has 0 radical (unpaired) electrons. The van der Waals surface area contributed by atoms with Gasteiger partial charge in [0, 0.05) is 20.0 Å². The van der Waals surface area contributed by atoms with Crippen molar-refractivity contribution in [1.29, 1.82) is 0 Å². The fourth-order valence-corrected chi connectivity index (χ4v) is 1.21. The molecule has 0 bridgehead atoms. The molecule has 0 aromatic carbocycles. The van der Waals surface area contributed by atoms with E-state index in [0.717, 1.165) is 32.2 Å². The van der Waals surface area contributed by atoms with Gasteiger partial charge in [0.15, 0.2) is 0 Å². The number of rotatable bonds is 8. The van der Waals surface area contributed by atoms with E-state index < -0.39 is 0 Å². The highest BCUT2D eigenvalue weighted by Gasteiger charge is 2.06. The van der Waals surface area contributed by atoms with Gasteiger partial charge >= 0.3 is 0 Å². The van der Waals surface area contributed by atoms with Crippen LogP contribution in [0.2, 0.25) is 0 Å². The van der Waals surface area contributed by atoms with E-state index in [4.69, 9.17) is 5.73 Å². The van der Waals surface area contributed by atoms with Gasteiger partial charge in [0.25, 0.3) is 0 Å². The van der Waals surface area contributed by atoms with Crippen molar-refractivity contribution >= 4 is 5.91 Å². The molecule has 1 amide bonds. The van der Waals surface area contributed by atoms with Crippen LogP contribution in [0.4, 0.5) is 0 Å². The maximum Gasteiger partial charge on any atom is 0.222 e. The van der Waals surface area contributed by atoms with Gasteiger partial charge in [-0.2, -0.15) is 0 Å². The predicted molar refractivity (Wildman–Crippen MR) is 60.0 cm³/mol. The summed E-state index contributed by atoms with van der Waals surface area (Å²) in [6.07, 6.45) is 6.32. The Labute approximate surface area is 87.0 Å². The molecule has 0 spiro atoms. The van der Waals surface area contributed by atoms with Crippen LogP contribution in [0.1, 0.15) is 32.1 Å². The SMILES string of the molecule is C=CCCCN(C)C(=O)CCCCN. The summed E-state index contributed by atoms with van der Waals surface area (Å²) in [7, 11) is 1.86. The Morgan fingerprint density at radius 2 is 2.14 bits per heavy atom. The van der Waals surface area contributed by atoms with Crippen LogP contribution in [0.3, 0.4) is 0 Å². The highest BCUT2D eigenvalue weighted by molar-refractivity contribution is 5.75. The summed E-state index contributed by atoms with van der Waals surface area (Å²) in [4.78, 5) is 13.3. The van der Waals surface area contributed by atoms with E-state index in [9.17, 15) is 4.79 Å². The number of nitrogens with zero attached hydrogens (tertiary/aromatic N) is 1. The fourth-order valence-electron chi connectivity index (χ4n) is 1.21. The average Bonchev–Trinajstić information content (AvgIpc) is 2.18. The number of hydrogen-bond acceptors (Lipinski definition) is 2. The number of unbranched alkanes of at least 4 members (excludes halogenated alkanes) is 2. The molecule has 14 heavy (non-hydrogen) atoms. The van der Waals surface area contributed by atoms with Gasteiger partial charge in [0.05, 0.1) is 0 Å². The molecule has 0 saturated heterocycles. The molecule has 0 aliphatic heterocycles. The van der Waals surface area contributed by atoms with Crippen LogP contribution in [0.5, 0.6) is 0 Å². The van der Waals surface area contributed by atoms with Gasteiger partial charge in [-0.1, -0.05) is 6.08 Å². The van der Waals surface area contributed by atoms with Crippen molar-refractivity contribution in [1.82, 2.24) is 4.90 Å².